The average molecular weight is 449 g/mol. The molecule has 0 bridgehead atoms. The minimum absolute atomic E-state index is 0.160. The van der Waals surface area contributed by atoms with Gasteiger partial charge in [0.05, 0.1) is 13.2 Å². The zero-order valence-electron chi connectivity index (χ0n) is 19.0. The molecule has 33 heavy (non-hydrogen) atoms. The third-order valence-corrected chi connectivity index (χ3v) is 5.24. The third-order valence-electron chi connectivity index (χ3n) is 5.24. The Morgan fingerprint density at radius 2 is 1.18 bits per heavy atom. The summed E-state index contributed by atoms with van der Waals surface area (Å²) >= 11 is 0. The summed E-state index contributed by atoms with van der Waals surface area (Å²) < 4.78 is 11.7. The Hall–Kier alpha value is -3.80. The Morgan fingerprint density at radius 3 is 1.52 bits per heavy atom. The average Bonchev–Trinajstić information content (AvgIpc) is 2.83. The second-order valence-corrected chi connectivity index (χ2v) is 7.79. The Bertz CT molecular complexity index is 981. The number of ketones is 2. The summed E-state index contributed by atoms with van der Waals surface area (Å²) in [7, 11) is 0. The van der Waals surface area contributed by atoms with Gasteiger partial charge in [0.1, 0.15) is 24.1 Å². The first-order valence-electron chi connectivity index (χ1n) is 10.6. The van der Waals surface area contributed by atoms with Gasteiger partial charge in [0, 0.05) is 40.5 Å². The summed E-state index contributed by atoms with van der Waals surface area (Å²) in [5, 5.41) is 0. The van der Waals surface area contributed by atoms with Crippen LogP contribution in [0.4, 0.5) is 0 Å². The normalized spacial score (nSPS) is 10.7. The number of hydrogen-bond donors (Lipinski definition) is 0. The smallest absolute Gasteiger partial charge is 0.185 e. The molecule has 6 nitrogen and oxygen atoms in total. The number of hydrogen-bond acceptors (Lipinski definition) is 6. The van der Waals surface area contributed by atoms with Crippen LogP contribution in [-0.2, 0) is 15.0 Å². The summed E-state index contributed by atoms with van der Waals surface area (Å²) in [6.07, 6.45) is 4.39. The molecule has 172 valence electrons. The molecular formula is C27H28O6. The van der Waals surface area contributed by atoms with Gasteiger partial charge in [-0.25, -0.2) is 0 Å². The number of carbonyl (C=O) groups is 4. The van der Waals surface area contributed by atoms with Crippen molar-refractivity contribution in [2.45, 2.75) is 32.1 Å². The Balaban J connectivity index is 2.62. The highest BCUT2D eigenvalue weighted by atomic mass is 16.5. The summed E-state index contributed by atoms with van der Waals surface area (Å²) in [6.45, 7) is 11.3. The van der Waals surface area contributed by atoms with Crippen LogP contribution in [0.5, 0.6) is 11.5 Å². The number of allylic oxidation sites excluding steroid dienone is 2. The van der Waals surface area contributed by atoms with Crippen molar-refractivity contribution in [2.24, 2.45) is 0 Å². The van der Waals surface area contributed by atoms with E-state index in [9.17, 15) is 19.2 Å². The van der Waals surface area contributed by atoms with Gasteiger partial charge in [0.15, 0.2) is 11.6 Å². The lowest BCUT2D eigenvalue weighted by Crippen LogP contribution is -2.22. The topological polar surface area (TPSA) is 86.7 Å². The molecule has 0 N–H and O–H groups in total. The molecule has 0 aliphatic heterocycles. The van der Waals surface area contributed by atoms with Crippen molar-refractivity contribution in [3.05, 3.63) is 84.0 Å². The third kappa shape index (κ3) is 6.13. The fraction of sp³-hybridized carbons (Fsp3) is 0.259. The van der Waals surface area contributed by atoms with Gasteiger partial charge in [-0.05, 0) is 24.3 Å². The second-order valence-electron chi connectivity index (χ2n) is 7.79. The van der Waals surface area contributed by atoms with Crippen molar-refractivity contribution in [3.8, 4) is 11.5 Å². The predicted molar refractivity (Wildman–Crippen MR) is 126 cm³/mol. The van der Waals surface area contributed by atoms with Crippen molar-refractivity contribution in [1.82, 2.24) is 0 Å². The highest BCUT2D eigenvalue weighted by Gasteiger charge is 2.31. The highest BCUT2D eigenvalue weighted by Crippen LogP contribution is 2.42. The fourth-order valence-electron chi connectivity index (χ4n) is 3.44. The molecule has 0 aromatic heterocycles. The van der Waals surface area contributed by atoms with Crippen molar-refractivity contribution >= 4 is 24.1 Å². The quantitative estimate of drug-likeness (QED) is 0.180. The van der Waals surface area contributed by atoms with Crippen LogP contribution in [0.1, 0.15) is 58.5 Å². The lowest BCUT2D eigenvalue weighted by molar-refractivity contribution is -0.109. The van der Waals surface area contributed by atoms with E-state index in [4.69, 9.17) is 9.47 Å². The first-order chi connectivity index (χ1) is 15.8. The molecule has 0 atom stereocenters. The van der Waals surface area contributed by atoms with Crippen LogP contribution in [-0.4, -0.2) is 37.4 Å². The van der Waals surface area contributed by atoms with Gasteiger partial charge in [0.2, 0.25) is 0 Å². The zero-order chi connectivity index (χ0) is 24.4. The molecule has 2 aromatic carbocycles. The summed E-state index contributed by atoms with van der Waals surface area (Å²) in [6, 6.07) is 10.2. The maximum Gasteiger partial charge on any atom is 0.185 e. The van der Waals surface area contributed by atoms with Crippen molar-refractivity contribution in [2.75, 3.05) is 13.2 Å². The number of ether oxygens (including phenoxy) is 2. The summed E-state index contributed by atoms with van der Waals surface area (Å²) in [5.41, 5.74) is 1.67. The SMILES string of the molecule is C=CC(=O)c1ccc(C(C)(C)c2ccc(C(=O)C=C)cc2OCCC=O)c(OCCC=O)c1. The molecule has 0 heterocycles. The van der Waals surface area contributed by atoms with E-state index in [1.165, 1.54) is 12.2 Å². The van der Waals surface area contributed by atoms with Crippen LogP contribution in [0.25, 0.3) is 0 Å². The maximum absolute atomic E-state index is 12.1. The van der Waals surface area contributed by atoms with Crippen LogP contribution < -0.4 is 9.47 Å². The predicted octanol–water partition coefficient (Wildman–Crippen LogP) is 4.69. The molecule has 0 unspecified atom stereocenters. The van der Waals surface area contributed by atoms with Crippen LogP contribution in [0, 0.1) is 0 Å². The van der Waals surface area contributed by atoms with Gasteiger partial charge in [-0.15, -0.1) is 0 Å². The van der Waals surface area contributed by atoms with E-state index in [-0.39, 0.29) is 37.6 Å². The lowest BCUT2D eigenvalue weighted by atomic mass is 9.76. The van der Waals surface area contributed by atoms with E-state index < -0.39 is 5.41 Å². The molecule has 0 saturated heterocycles. The maximum atomic E-state index is 12.1. The van der Waals surface area contributed by atoms with E-state index in [1.54, 1.807) is 36.4 Å². The van der Waals surface area contributed by atoms with Crippen LogP contribution >= 0.6 is 0 Å². The molecule has 0 amide bonds. The minimum atomic E-state index is -0.682. The van der Waals surface area contributed by atoms with Gasteiger partial charge in [-0.1, -0.05) is 51.3 Å². The molecular weight excluding hydrogens is 420 g/mol. The number of carbonyl (C=O) groups excluding carboxylic acids is 4. The Morgan fingerprint density at radius 1 is 0.788 bits per heavy atom. The molecule has 0 aliphatic rings. The van der Waals surface area contributed by atoms with Crippen molar-refractivity contribution < 1.29 is 28.7 Å². The number of aldehydes is 2. The molecule has 0 radical (unpaired) electrons. The van der Waals surface area contributed by atoms with E-state index in [0.29, 0.717) is 22.6 Å². The van der Waals surface area contributed by atoms with Gasteiger partial charge < -0.3 is 19.1 Å². The molecule has 6 heteroatoms. The van der Waals surface area contributed by atoms with Crippen molar-refractivity contribution in [1.29, 1.82) is 0 Å². The number of rotatable bonds is 14. The van der Waals surface area contributed by atoms with Gasteiger partial charge >= 0.3 is 0 Å². The summed E-state index contributed by atoms with van der Waals surface area (Å²) in [4.78, 5) is 45.8. The van der Waals surface area contributed by atoms with E-state index in [1.807, 2.05) is 13.8 Å². The zero-order valence-corrected chi connectivity index (χ0v) is 19.0. The largest absolute Gasteiger partial charge is 0.493 e. The minimum Gasteiger partial charge on any atom is -0.493 e. The second kappa shape index (κ2) is 11.7. The molecule has 0 fully saturated rings. The summed E-state index contributed by atoms with van der Waals surface area (Å²) in [5.74, 6) is 0.425. The van der Waals surface area contributed by atoms with Gasteiger partial charge in [-0.2, -0.15) is 0 Å². The molecule has 2 aromatic rings. The van der Waals surface area contributed by atoms with Crippen LogP contribution in [0.2, 0.25) is 0 Å². The molecule has 0 spiro atoms. The Kier molecular flexibility index (Phi) is 9.04. The van der Waals surface area contributed by atoms with E-state index in [0.717, 1.165) is 23.7 Å². The molecule has 0 saturated carbocycles. The van der Waals surface area contributed by atoms with Gasteiger partial charge in [-0.3, -0.25) is 9.59 Å². The highest BCUT2D eigenvalue weighted by molar-refractivity contribution is 6.05. The first-order valence-corrected chi connectivity index (χ1v) is 10.6. The molecule has 0 aliphatic carbocycles. The van der Waals surface area contributed by atoms with Crippen LogP contribution in [0.3, 0.4) is 0 Å². The van der Waals surface area contributed by atoms with E-state index >= 15 is 0 Å². The van der Waals surface area contributed by atoms with E-state index in [2.05, 4.69) is 13.2 Å². The standard InChI is InChI=1S/C27H28O6/c1-5-23(30)19-9-11-21(25(17-19)32-15-7-13-28)27(3,4)22-12-10-20(24(31)6-2)18-26(22)33-16-8-14-29/h5-6,9-14,17-18H,1-2,7-8,15-16H2,3-4H3. The lowest BCUT2D eigenvalue weighted by Gasteiger charge is -2.30. The number of benzene rings is 2. The monoisotopic (exact) mass is 448 g/mol. The van der Waals surface area contributed by atoms with Gasteiger partial charge in [0.25, 0.3) is 0 Å². The Labute approximate surface area is 193 Å². The molecule has 2 rings (SSSR count). The first kappa shape index (κ1) is 25.5. The fourth-order valence-corrected chi connectivity index (χ4v) is 3.44. The van der Waals surface area contributed by atoms with Crippen LogP contribution in [0.15, 0.2) is 61.7 Å². The van der Waals surface area contributed by atoms with Crippen molar-refractivity contribution in [3.63, 3.8) is 0 Å².